The van der Waals surface area contributed by atoms with Crippen LogP contribution in [-0.2, 0) is 22.5 Å². The summed E-state index contributed by atoms with van der Waals surface area (Å²) in [7, 11) is 3.97. The Morgan fingerprint density at radius 2 is 2.23 bits per heavy atom. The van der Waals surface area contributed by atoms with Gasteiger partial charge in [0, 0.05) is 50.8 Å². The van der Waals surface area contributed by atoms with Crippen molar-refractivity contribution in [1.29, 1.82) is 0 Å². The third kappa shape index (κ3) is 3.14. The van der Waals surface area contributed by atoms with Crippen LogP contribution in [0, 0.1) is 0 Å². The van der Waals surface area contributed by atoms with Crippen molar-refractivity contribution in [2.24, 2.45) is 0 Å². The highest BCUT2D eigenvalue weighted by Crippen LogP contribution is 2.29. The van der Waals surface area contributed by atoms with Crippen LogP contribution < -0.4 is 4.90 Å². The summed E-state index contributed by atoms with van der Waals surface area (Å²) in [6.45, 7) is 1.87. The molecular formula is C19H23N5O2. The van der Waals surface area contributed by atoms with E-state index in [0.29, 0.717) is 25.5 Å². The standard InChI is InChI=1S/C19H23N5O2/c1-23(2)18-14-7-9-24(19(25)16-6-4-10-26-16)12-15(14)21-17(22-18)13-5-3-8-20-11-13/h3,5,8,11,16H,4,6-7,9-10,12H2,1-2H3. The quantitative estimate of drug-likeness (QED) is 0.836. The Bertz CT molecular complexity index is 803. The predicted molar refractivity (Wildman–Crippen MR) is 97.7 cm³/mol. The van der Waals surface area contributed by atoms with E-state index in [-0.39, 0.29) is 12.0 Å². The minimum absolute atomic E-state index is 0.0843. The van der Waals surface area contributed by atoms with Crippen molar-refractivity contribution >= 4 is 11.7 Å². The molecule has 4 rings (SSSR count). The number of carbonyl (C=O) groups excluding carboxylic acids is 1. The van der Waals surface area contributed by atoms with E-state index < -0.39 is 0 Å². The van der Waals surface area contributed by atoms with Gasteiger partial charge >= 0.3 is 0 Å². The summed E-state index contributed by atoms with van der Waals surface area (Å²) in [5.41, 5.74) is 2.92. The average molecular weight is 353 g/mol. The number of fused-ring (bicyclic) bond motifs is 1. The first-order chi connectivity index (χ1) is 12.6. The topological polar surface area (TPSA) is 71.5 Å². The Labute approximate surface area is 153 Å². The fourth-order valence-electron chi connectivity index (χ4n) is 3.57. The first-order valence-electron chi connectivity index (χ1n) is 9.01. The van der Waals surface area contributed by atoms with Gasteiger partial charge in [-0.3, -0.25) is 9.78 Å². The molecule has 0 aromatic carbocycles. The highest BCUT2D eigenvalue weighted by molar-refractivity contribution is 5.81. The van der Waals surface area contributed by atoms with Gasteiger partial charge < -0.3 is 14.5 Å². The van der Waals surface area contributed by atoms with Crippen LogP contribution in [0.5, 0.6) is 0 Å². The highest BCUT2D eigenvalue weighted by atomic mass is 16.5. The molecule has 26 heavy (non-hydrogen) atoms. The third-order valence-electron chi connectivity index (χ3n) is 4.90. The number of carbonyl (C=O) groups is 1. The largest absolute Gasteiger partial charge is 0.368 e. The minimum Gasteiger partial charge on any atom is -0.368 e. The molecule has 1 saturated heterocycles. The van der Waals surface area contributed by atoms with Crippen LogP contribution in [0.1, 0.15) is 24.1 Å². The normalized spacial score (nSPS) is 19.3. The maximum atomic E-state index is 12.7. The molecule has 2 aromatic heterocycles. The predicted octanol–water partition coefficient (Wildman–Crippen LogP) is 1.67. The van der Waals surface area contributed by atoms with Gasteiger partial charge in [-0.1, -0.05) is 0 Å². The number of pyridine rings is 1. The van der Waals surface area contributed by atoms with Crippen molar-refractivity contribution in [3.05, 3.63) is 35.8 Å². The van der Waals surface area contributed by atoms with E-state index in [1.54, 1.807) is 12.4 Å². The van der Waals surface area contributed by atoms with Gasteiger partial charge in [0.1, 0.15) is 11.9 Å². The van der Waals surface area contributed by atoms with Gasteiger partial charge in [-0.2, -0.15) is 0 Å². The number of anilines is 1. The van der Waals surface area contributed by atoms with Crippen molar-refractivity contribution < 1.29 is 9.53 Å². The summed E-state index contributed by atoms with van der Waals surface area (Å²) in [6, 6.07) is 3.83. The zero-order valence-electron chi connectivity index (χ0n) is 15.2. The lowest BCUT2D eigenvalue weighted by Gasteiger charge is -2.32. The monoisotopic (exact) mass is 353 g/mol. The summed E-state index contributed by atoms with van der Waals surface area (Å²) < 4.78 is 5.57. The molecule has 0 N–H and O–H groups in total. The van der Waals surface area contributed by atoms with E-state index >= 15 is 0 Å². The van der Waals surface area contributed by atoms with Crippen LogP contribution in [0.15, 0.2) is 24.5 Å². The van der Waals surface area contributed by atoms with Crippen LogP contribution in [0.25, 0.3) is 11.4 Å². The van der Waals surface area contributed by atoms with Crippen LogP contribution in [-0.4, -0.2) is 59.1 Å². The van der Waals surface area contributed by atoms with Gasteiger partial charge in [0.2, 0.25) is 0 Å². The number of hydrogen-bond donors (Lipinski definition) is 0. The molecule has 1 atom stereocenters. The second-order valence-corrected chi connectivity index (χ2v) is 6.94. The molecule has 7 nitrogen and oxygen atoms in total. The fraction of sp³-hybridized carbons (Fsp3) is 0.474. The molecule has 0 spiro atoms. The number of nitrogens with zero attached hydrogens (tertiary/aromatic N) is 5. The molecule has 0 radical (unpaired) electrons. The van der Waals surface area contributed by atoms with Crippen molar-refractivity contribution in [1.82, 2.24) is 19.9 Å². The molecule has 0 saturated carbocycles. The summed E-state index contributed by atoms with van der Waals surface area (Å²) in [5.74, 6) is 1.64. The first kappa shape index (κ1) is 16.9. The van der Waals surface area contributed by atoms with E-state index in [1.807, 2.05) is 36.0 Å². The summed E-state index contributed by atoms with van der Waals surface area (Å²) >= 11 is 0. The Morgan fingerprint density at radius 1 is 1.35 bits per heavy atom. The van der Waals surface area contributed by atoms with Crippen molar-refractivity contribution in [2.75, 3.05) is 32.1 Å². The maximum Gasteiger partial charge on any atom is 0.252 e. The second-order valence-electron chi connectivity index (χ2n) is 6.94. The van der Waals surface area contributed by atoms with Crippen LogP contribution in [0.3, 0.4) is 0 Å². The molecule has 2 aliphatic rings. The lowest BCUT2D eigenvalue weighted by Crippen LogP contribution is -2.42. The number of ether oxygens (including phenoxy) is 1. The zero-order chi connectivity index (χ0) is 18.1. The van der Waals surface area contributed by atoms with E-state index in [1.165, 1.54) is 0 Å². The first-order valence-corrected chi connectivity index (χ1v) is 9.01. The van der Waals surface area contributed by atoms with Gasteiger partial charge in [0.15, 0.2) is 5.82 Å². The molecule has 4 heterocycles. The van der Waals surface area contributed by atoms with Gasteiger partial charge in [-0.05, 0) is 31.4 Å². The Kier molecular flexibility index (Phi) is 4.55. The van der Waals surface area contributed by atoms with Gasteiger partial charge in [-0.25, -0.2) is 9.97 Å². The number of hydrogen-bond acceptors (Lipinski definition) is 6. The van der Waals surface area contributed by atoms with E-state index in [0.717, 1.165) is 41.9 Å². The highest BCUT2D eigenvalue weighted by Gasteiger charge is 2.32. The molecule has 1 fully saturated rings. The van der Waals surface area contributed by atoms with Crippen LogP contribution in [0.2, 0.25) is 0 Å². The molecule has 0 aliphatic carbocycles. The van der Waals surface area contributed by atoms with Crippen LogP contribution >= 0.6 is 0 Å². The van der Waals surface area contributed by atoms with Crippen molar-refractivity contribution in [3.8, 4) is 11.4 Å². The molecule has 7 heteroatoms. The smallest absolute Gasteiger partial charge is 0.252 e. The summed E-state index contributed by atoms with van der Waals surface area (Å²) in [6.07, 6.45) is 5.74. The molecule has 2 aromatic rings. The van der Waals surface area contributed by atoms with E-state index in [2.05, 4.69) is 4.98 Å². The fourth-order valence-corrected chi connectivity index (χ4v) is 3.57. The molecule has 1 unspecified atom stereocenters. The van der Waals surface area contributed by atoms with Crippen molar-refractivity contribution in [2.45, 2.75) is 31.9 Å². The van der Waals surface area contributed by atoms with E-state index in [4.69, 9.17) is 14.7 Å². The lowest BCUT2D eigenvalue weighted by atomic mass is 10.0. The Morgan fingerprint density at radius 3 is 2.92 bits per heavy atom. The molecule has 2 aliphatic heterocycles. The Hall–Kier alpha value is -2.54. The molecule has 0 bridgehead atoms. The average Bonchev–Trinajstić information content (AvgIpc) is 3.21. The number of rotatable bonds is 3. The van der Waals surface area contributed by atoms with Crippen LogP contribution in [0.4, 0.5) is 5.82 Å². The number of aromatic nitrogens is 3. The molecule has 136 valence electrons. The second kappa shape index (κ2) is 6.99. The Balaban J connectivity index is 1.68. The summed E-state index contributed by atoms with van der Waals surface area (Å²) in [5, 5.41) is 0. The van der Waals surface area contributed by atoms with Gasteiger partial charge in [-0.15, -0.1) is 0 Å². The SMILES string of the molecule is CN(C)c1nc(-c2cccnc2)nc2c1CCN(C(=O)C1CCCO1)C2. The van der Waals surface area contributed by atoms with Crippen molar-refractivity contribution in [3.63, 3.8) is 0 Å². The molecule has 1 amide bonds. The van der Waals surface area contributed by atoms with Gasteiger partial charge in [0.25, 0.3) is 5.91 Å². The lowest BCUT2D eigenvalue weighted by molar-refractivity contribution is -0.141. The molecular weight excluding hydrogens is 330 g/mol. The summed E-state index contributed by atoms with van der Waals surface area (Å²) in [4.78, 5) is 30.3. The number of amides is 1. The minimum atomic E-state index is -0.287. The maximum absolute atomic E-state index is 12.7. The third-order valence-corrected chi connectivity index (χ3v) is 4.90. The zero-order valence-corrected chi connectivity index (χ0v) is 15.2. The van der Waals surface area contributed by atoms with E-state index in [9.17, 15) is 4.79 Å². The van der Waals surface area contributed by atoms with Gasteiger partial charge in [0.05, 0.1) is 12.2 Å².